The second kappa shape index (κ2) is 6.60. The lowest BCUT2D eigenvalue weighted by Gasteiger charge is -2.24. The van der Waals surface area contributed by atoms with Crippen LogP contribution in [0.5, 0.6) is 11.6 Å². The van der Waals surface area contributed by atoms with Crippen LogP contribution in [0.25, 0.3) is 11.3 Å². The first kappa shape index (κ1) is 16.8. The van der Waals surface area contributed by atoms with Gasteiger partial charge in [0.15, 0.2) is 5.75 Å². The molecule has 8 heteroatoms. The molecule has 4 heterocycles. The standard InChI is InChI=1S/C18H23N5O3/c1-10-4-3-5-12(19)13-8-11(16-18(22-13)26-7-6-25-16)15-14(21-17(10)24)9-20-23(15)2/h8-10,12H,3-7,19H2,1-2H3,(H,21,24)/t10-,12+/m1/s1. The Hall–Kier alpha value is -2.61. The van der Waals surface area contributed by atoms with E-state index in [-0.39, 0.29) is 17.9 Å². The molecule has 0 aromatic carbocycles. The minimum absolute atomic E-state index is 0.0197. The first-order valence-electron chi connectivity index (χ1n) is 8.94. The van der Waals surface area contributed by atoms with Gasteiger partial charge in [-0.2, -0.15) is 5.10 Å². The van der Waals surface area contributed by atoms with Crippen LogP contribution in [0.3, 0.4) is 0 Å². The summed E-state index contributed by atoms with van der Waals surface area (Å²) in [5, 5.41) is 7.33. The van der Waals surface area contributed by atoms with Crippen molar-refractivity contribution < 1.29 is 14.3 Å². The Morgan fingerprint density at radius 1 is 1.31 bits per heavy atom. The number of pyridine rings is 1. The van der Waals surface area contributed by atoms with Gasteiger partial charge in [0.1, 0.15) is 13.2 Å². The molecule has 4 rings (SSSR count). The summed E-state index contributed by atoms with van der Waals surface area (Å²) in [7, 11) is 1.83. The predicted octanol–water partition coefficient (Wildman–Crippen LogP) is 2.01. The number of aryl methyl sites for hydroxylation is 1. The van der Waals surface area contributed by atoms with Crippen molar-refractivity contribution in [2.45, 2.75) is 32.2 Å². The van der Waals surface area contributed by atoms with Crippen LogP contribution in [-0.4, -0.2) is 33.9 Å². The number of nitrogens with one attached hydrogen (secondary N) is 1. The number of hydrogen-bond acceptors (Lipinski definition) is 6. The lowest BCUT2D eigenvalue weighted by atomic mass is 9.97. The minimum Gasteiger partial charge on any atom is -0.484 e. The summed E-state index contributed by atoms with van der Waals surface area (Å²) in [6.07, 6.45) is 4.03. The highest BCUT2D eigenvalue weighted by Crippen LogP contribution is 2.43. The number of nitrogens with two attached hydrogens (primary N) is 1. The zero-order valence-electron chi connectivity index (χ0n) is 15.0. The molecule has 0 fully saturated rings. The van der Waals surface area contributed by atoms with Crippen LogP contribution >= 0.6 is 0 Å². The third-order valence-corrected chi connectivity index (χ3v) is 4.96. The Morgan fingerprint density at radius 3 is 2.96 bits per heavy atom. The van der Waals surface area contributed by atoms with Gasteiger partial charge in [0.05, 0.1) is 28.8 Å². The molecule has 0 spiro atoms. The van der Waals surface area contributed by atoms with Crippen LogP contribution in [-0.2, 0) is 11.8 Å². The number of anilines is 1. The molecule has 2 aliphatic heterocycles. The topological polar surface area (TPSA) is 104 Å². The summed E-state index contributed by atoms with van der Waals surface area (Å²) in [5.41, 5.74) is 9.32. The fourth-order valence-electron chi connectivity index (χ4n) is 3.44. The van der Waals surface area contributed by atoms with Gasteiger partial charge in [0, 0.05) is 19.0 Å². The van der Waals surface area contributed by atoms with Crippen molar-refractivity contribution in [2.24, 2.45) is 18.7 Å². The number of carbonyl (C=O) groups excluding carboxylic acids is 1. The number of nitrogens with zero attached hydrogens (tertiary/aromatic N) is 3. The fourth-order valence-corrected chi connectivity index (χ4v) is 3.44. The van der Waals surface area contributed by atoms with Crippen molar-refractivity contribution in [3.63, 3.8) is 0 Å². The van der Waals surface area contributed by atoms with E-state index in [2.05, 4.69) is 15.4 Å². The second-order valence-corrected chi connectivity index (χ2v) is 6.88. The SMILES string of the molecule is C[C@@H]1CCC[C@H](N)c2cc(c3c(n2)OCCO3)-c2c(cnn2C)NC1=O. The van der Waals surface area contributed by atoms with Crippen molar-refractivity contribution >= 4 is 11.6 Å². The minimum atomic E-state index is -0.226. The summed E-state index contributed by atoms with van der Waals surface area (Å²) in [4.78, 5) is 17.1. The summed E-state index contributed by atoms with van der Waals surface area (Å²) in [6.45, 7) is 2.83. The van der Waals surface area contributed by atoms with Gasteiger partial charge < -0.3 is 20.5 Å². The third kappa shape index (κ3) is 2.90. The highest BCUT2D eigenvalue weighted by Gasteiger charge is 2.27. The average Bonchev–Trinajstić information content (AvgIpc) is 2.99. The zero-order chi connectivity index (χ0) is 18.3. The van der Waals surface area contributed by atoms with Crippen LogP contribution < -0.4 is 20.5 Å². The first-order valence-corrected chi connectivity index (χ1v) is 8.94. The number of fused-ring (bicyclic) bond motifs is 6. The molecule has 8 nitrogen and oxygen atoms in total. The molecular formula is C18H23N5O3. The van der Waals surface area contributed by atoms with E-state index in [0.29, 0.717) is 30.5 Å². The van der Waals surface area contributed by atoms with Crippen LogP contribution in [0, 0.1) is 5.92 Å². The largest absolute Gasteiger partial charge is 0.484 e. The second-order valence-electron chi connectivity index (χ2n) is 6.88. The molecule has 2 bridgehead atoms. The van der Waals surface area contributed by atoms with Gasteiger partial charge in [-0.05, 0) is 18.9 Å². The molecule has 0 saturated heterocycles. The van der Waals surface area contributed by atoms with Gasteiger partial charge in [-0.15, -0.1) is 0 Å². The lowest BCUT2D eigenvalue weighted by Crippen LogP contribution is -2.23. The Bertz CT molecular complexity index is 848. The van der Waals surface area contributed by atoms with Crippen LogP contribution in [0.15, 0.2) is 12.3 Å². The van der Waals surface area contributed by atoms with Gasteiger partial charge in [-0.1, -0.05) is 13.3 Å². The van der Waals surface area contributed by atoms with Gasteiger partial charge in [0.25, 0.3) is 5.88 Å². The Morgan fingerprint density at radius 2 is 2.12 bits per heavy atom. The first-order chi connectivity index (χ1) is 12.5. The zero-order valence-corrected chi connectivity index (χ0v) is 15.0. The van der Waals surface area contributed by atoms with Crippen molar-refractivity contribution in [1.29, 1.82) is 0 Å². The van der Waals surface area contributed by atoms with Crippen molar-refractivity contribution in [1.82, 2.24) is 14.8 Å². The van der Waals surface area contributed by atoms with Crippen LogP contribution in [0.4, 0.5) is 5.69 Å². The number of ether oxygens (including phenoxy) is 2. The number of hydrogen-bond donors (Lipinski definition) is 2. The predicted molar refractivity (Wildman–Crippen MR) is 96.0 cm³/mol. The number of amides is 1. The molecule has 0 saturated carbocycles. The summed E-state index contributed by atoms with van der Waals surface area (Å²) >= 11 is 0. The Kier molecular flexibility index (Phi) is 4.28. The fraction of sp³-hybridized carbons (Fsp3) is 0.500. The quantitative estimate of drug-likeness (QED) is 0.747. The molecule has 0 aliphatic carbocycles. The molecule has 3 N–H and O–H groups in total. The molecule has 2 aromatic rings. The van der Waals surface area contributed by atoms with Gasteiger partial charge in [0.2, 0.25) is 5.91 Å². The molecule has 138 valence electrons. The summed E-state index contributed by atoms with van der Waals surface area (Å²) in [6, 6.07) is 1.70. The third-order valence-electron chi connectivity index (χ3n) is 4.96. The highest BCUT2D eigenvalue weighted by molar-refractivity contribution is 5.96. The normalized spacial score (nSPS) is 22.7. The summed E-state index contributed by atoms with van der Waals surface area (Å²) in [5.74, 6) is 0.891. The maximum Gasteiger partial charge on any atom is 0.258 e. The van der Waals surface area contributed by atoms with Crippen molar-refractivity contribution in [3.05, 3.63) is 18.0 Å². The Balaban J connectivity index is 1.92. The van der Waals surface area contributed by atoms with E-state index < -0.39 is 0 Å². The molecule has 1 amide bonds. The molecule has 0 radical (unpaired) electrons. The molecule has 2 aliphatic rings. The highest BCUT2D eigenvalue weighted by atomic mass is 16.6. The van der Waals surface area contributed by atoms with E-state index in [1.165, 1.54) is 0 Å². The number of carbonyl (C=O) groups is 1. The molecule has 2 atom stereocenters. The number of aromatic nitrogens is 3. The Labute approximate surface area is 151 Å². The maximum atomic E-state index is 12.5. The van der Waals surface area contributed by atoms with Crippen LogP contribution in [0.2, 0.25) is 0 Å². The van der Waals surface area contributed by atoms with Crippen LogP contribution in [0.1, 0.15) is 37.9 Å². The molecule has 2 aromatic heterocycles. The average molecular weight is 357 g/mol. The van der Waals surface area contributed by atoms with Gasteiger partial charge in [-0.25, -0.2) is 4.98 Å². The van der Waals surface area contributed by atoms with E-state index in [9.17, 15) is 4.79 Å². The smallest absolute Gasteiger partial charge is 0.258 e. The summed E-state index contributed by atoms with van der Waals surface area (Å²) < 4.78 is 13.3. The van der Waals surface area contributed by atoms with E-state index in [1.807, 2.05) is 20.0 Å². The van der Waals surface area contributed by atoms with E-state index in [4.69, 9.17) is 15.2 Å². The van der Waals surface area contributed by atoms with Crippen molar-refractivity contribution in [3.8, 4) is 22.9 Å². The maximum absolute atomic E-state index is 12.5. The monoisotopic (exact) mass is 357 g/mol. The van der Waals surface area contributed by atoms with E-state index >= 15 is 0 Å². The van der Waals surface area contributed by atoms with E-state index in [0.717, 1.165) is 36.2 Å². The van der Waals surface area contributed by atoms with E-state index in [1.54, 1.807) is 10.9 Å². The number of rotatable bonds is 0. The molecular weight excluding hydrogens is 334 g/mol. The lowest BCUT2D eigenvalue weighted by molar-refractivity contribution is -0.119. The van der Waals surface area contributed by atoms with Gasteiger partial charge in [-0.3, -0.25) is 9.48 Å². The molecule has 26 heavy (non-hydrogen) atoms. The van der Waals surface area contributed by atoms with Gasteiger partial charge >= 0.3 is 0 Å². The van der Waals surface area contributed by atoms with Crippen molar-refractivity contribution in [2.75, 3.05) is 18.5 Å². The molecule has 0 unspecified atom stereocenters.